The minimum Gasteiger partial charge on any atom is -0.440 e. The quantitative estimate of drug-likeness (QED) is 0.583. The van der Waals surface area contributed by atoms with Crippen molar-refractivity contribution >= 4 is 0 Å². The molecule has 2 aromatic heterocycles. The average Bonchev–Trinajstić information content (AvgIpc) is 3.11. The molecule has 2 rings (SSSR count). The summed E-state index contributed by atoms with van der Waals surface area (Å²) in [6.07, 6.45) is 6.69. The molecule has 1 N–H and O–H groups in total. The Morgan fingerprint density at radius 3 is 1.70 bits per heavy atom. The molecule has 0 saturated heterocycles. The van der Waals surface area contributed by atoms with Gasteiger partial charge in [0, 0.05) is 73.4 Å². The van der Waals surface area contributed by atoms with Crippen LogP contribution in [-0.2, 0) is 19.5 Å². The summed E-state index contributed by atoms with van der Waals surface area (Å²) in [6, 6.07) is 0. The van der Waals surface area contributed by atoms with Crippen molar-refractivity contribution in [3.8, 4) is 11.6 Å². The standard InChI is InChI=1S/C6H5N4.2C5H9N.Rh/c1-2-8-5(7-1)6-9-3-4-10-6;2*1-5(2,3)6-4;/h1-4H,(H-,7,8,9,10);2*1-3H3;/q-1;;;. The second-order valence-corrected chi connectivity index (χ2v) is 6.38. The molecule has 6 nitrogen and oxygen atoms in total. The normalized spacial score (nSPS) is 9.74. The number of hydrogen-bond donors (Lipinski definition) is 1. The zero-order valence-corrected chi connectivity index (χ0v) is 16.0. The first kappa shape index (κ1) is 23.3. The van der Waals surface area contributed by atoms with Gasteiger partial charge in [0.15, 0.2) is 0 Å². The van der Waals surface area contributed by atoms with E-state index in [-0.39, 0.29) is 30.6 Å². The van der Waals surface area contributed by atoms with Crippen LogP contribution in [0.5, 0.6) is 0 Å². The number of aromatic nitrogens is 4. The second kappa shape index (κ2) is 10.7. The fourth-order valence-corrected chi connectivity index (χ4v) is 0.751. The summed E-state index contributed by atoms with van der Waals surface area (Å²) in [5, 5.41) is 0. The molecule has 0 aliphatic rings. The largest absolute Gasteiger partial charge is 0.440 e. The van der Waals surface area contributed by atoms with Gasteiger partial charge in [0.05, 0.1) is 0 Å². The van der Waals surface area contributed by atoms with E-state index in [9.17, 15) is 0 Å². The maximum absolute atomic E-state index is 6.48. The predicted octanol–water partition coefficient (Wildman–Crippen LogP) is 3.83. The van der Waals surface area contributed by atoms with Crippen molar-refractivity contribution in [3.63, 3.8) is 0 Å². The second-order valence-electron chi connectivity index (χ2n) is 6.38. The third-order valence-corrected chi connectivity index (χ3v) is 1.84. The number of nitrogens with zero attached hydrogens (tertiary/aromatic N) is 5. The molecule has 2 aromatic rings. The molecular weight excluding hydrogens is 379 g/mol. The van der Waals surface area contributed by atoms with E-state index in [4.69, 9.17) is 13.1 Å². The van der Waals surface area contributed by atoms with Gasteiger partial charge in [0.1, 0.15) is 5.82 Å². The average molecular weight is 402 g/mol. The van der Waals surface area contributed by atoms with Gasteiger partial charge in [-0.05, 0) is 5.82 Å². The minimum absolute atomic E-state index is 0. The van der Waals surface area contributed by atoms with E-state index in [0.717, 1.165) is 0 Å². The van der Waals surface area contributed by atoms with Gasteiger partial charge in [-0.1, -0.05) is 12.4 Å². The zero-order valence-electron chi connectivity index (χ0n) is 14.4. The van der Waals surface area contributed by atoms with Crippen LogP contribution in [-0.4, -0.2) is 26.0 Å². The molecule has 0 aliphatic carbocycles. The van der Waals surface area contributed by atoms with Crippen LogP contribution in [0.1, 0.15) is 41.5 Å². The van der Waals surface area contributed by atoms with Gasteiger partial charge in [-0.2, -0.15) is 0 Å². The zero-order chi connectivity index (χ0) is 17.2. The molecule has 0 bridgehead atoms. The smallest absolute Gasteiger partial charge is 0.224 e. The molecule has 0 spiro atoms. The fraction of sp³-hybridized carbons (Fsp3) is 0.500. The van der Waals surface area contributed by atoms with E-state index in [0.29, 0.717) is 11.6 Å². The van der Waals surface area contributed by atoms with Gasteiger partial charge in [-0.3, -0.25) is 0 Å². The molecule has 1 radical (unpaired) electrons. The molecule has 0 atom stereocenters. The van der Waals surface area contributed by atoms with Crippen molar-refractivity contribution in [1.82, 2.24) is 19.9 Å². The summed E-state index contributed by atoms with van der Waals surface area (Å²) in [5.41, 5.74) is -0.333. The molecule has 0 aliphatic heterocycles. The molecule has 127 valence electrons. The van der Waals surface area contributed by atoms with Crippen molar-refractivity contribution in [2.45, 2.75) is 52.6 Å². The Morgan fingerprint density at radius 2 is 1.43 bits per heavy atom. The van der Waals surface area contributed by atoms with E-state index < -0.39 is 0 Å². The Morgan fingerprint density at radius 1 is 0.957 bits per heavy atom. The molecule has 23 heavy (non-hydrogen) atoms. The van der Waals surface area contributed by atoms with E-state index in [1.54, 1.807) is 24.8 Å². The van der Waals surface area contributed by atoms with Crippen molar-refractivity contribution in [2.75, 3.05) is 0 Å². The molecule has 0 unspecified atom stereocenters. The Kier molecular flexibility index (Phi) is 10.8. The Bertz CT molecular complexity index is 533. The van der Waals surface area contributed by atoms with Crippen LogP contribution in [0.15, 0.2) is 24.8 Å². The molecule has 0 amide bonds. The number of H-pyrrole nitrogens is 1. The minimum atomic E-state index is -0.167. The van der Waals surface area contributed by atoms with Gasteiger partial charge < -0.3 is 24.6 Å². The van der Waals surface area contributed by atoms with E-state index in [1.165, 1.54) is 0 Å². The fourth-order valence-electron chi connectivity index (χ4n) is 0.751. The third kappa shape index (κ3) is 13.4. The number of nitrogens with one attached hydrogen (secondary N) is 1. The molecule has 0 saturated carbocycles. The molecule has 2 heterocycles. The summed E-state index contributed by atoms with van der Waals surface area (Å²) >= 11 is 0. The van der Waals surface area contributed by atoms with E-state index >= 15 is 0 Å². The monoisotopic (exact) mass is 402 g/mol. The molecule has 0 aromatic carbocycles. The van der Waals surface area contributed by atoms with Gasteiger partial charge in [-0.15, -0.1) is 0 Å². The number of rotatable bonds is 1. The summed E-state index contributed by atoms with van der Waals surface area (Å²) in [6.45, 7) is 24.3. The summed E-state index contributed by atoms with van der Waals surface area (Å²) in [7, 11) is 0. The molecule has 7 heteroatoms. The van der Waals surface area contributed by atoms with Crippen LogP contribution < -0.4 is 4.98 Å². The SMILES string of the molecule is [C-]#[N+]C(C)(C)C.[C-]#[N+]C(C)(C)C.[Rh].c1c[n-]c(-c2ncc[nH]2)n1. The Labute approximate surface area is 151 Å². The van der Waals surface area contributed by atoms with Crippen LogP contribution >= 0.6 is 0 Å². The topological polar surface area (TPSA) is 64.4 Å². The predicted molar refractivity (Wildman–Crippen MR) is 87.8 cm³/mol. The number of hydrogen-bond acceptors (Lipinski definition) is 2. The van der Waals surface area contributed by atoms with Crippen LogP contribution in [0.4, 0.5) is 0 Å². The van der Waals surface area contributed by atoms with Gasteiger partial charge in [-0.25, -0.2) is 18.1 Å². The third-order valence-electron chi connectivity index (χ3n) is 1.84. The van der Waals surface area contributed by atoms with Crippen molar-refractivity contribution in [3.05, 3.63) is 47.6 Å². The van der Waals surface area contributed by atoms with Gasteiger partial charge in [0.2, 0.25) is 11.1 Å². The number of imidazole rings is 2. The number of aromatic amines is 1. The van der Waals surface area contributed by atoms with Gasteiger partial charge in [0.25, 0.3) is 0 Å². The van der Waals surface area contributed by atoms with Crippen molar-refractivity contribution in [2.24, 2.45) is 0 Å². The van der Waals surface area contributed by atoms with Crippen molar-refractivity contribution in [1.29, 1.82) is 0 Å². The first-order valence-corrected chi connectivity index (χ1v) is 6.80. The summed E-state index contributed by atoms with van der Waals surface area (Å²) in [5.74, 6) is 1.36. The first-order valence-electron chi connectivity index (χ1n) is 6.80. The Balaban J connectivity index is 0. The van der Waals surface area contributed by atoms with Crippen LogP contribution in [0.3, 0.4) is 0 Å². The first-order chi connectivity index (χ1) is 10.1. The van der Waals surface area contributed by atoms with Crippen LogP contribution in [0.25, 0.3) is 21.3 Å². The maximum atomic E-state index is 6.48. The van der Waals surface area contributed by atoms with Crippen LogP contribution in [0.2, 0.25) is 0 Å². The molecular formula is C16H23N6Rh-. The van der Waals surface area contributed by atoms with Crippen molar-refractivity contribution < 1.29 is 19.5 Å². The summed E-state index contributed by atoms with van der Waals surface area (Å²) < 4.78 is 0. The maximum Gasteiger partial charge on any atom is 0.224 e. The summed E-state index contributed by atoms with van der Waals surface area (Å²) in [4.78, 5) is 21.3. The van der Waals surface area contributed by atoms with Crippen LogP contribution in [0, 0.1) is 13.1 Å². The Hall–Kier alpha value is -1.98. The van der Waals surface area contributed by atoms with E-state index in [1.807, 2.05) is 41.5 Å². The molecule has 0 fully saturated rings. The van der Waals surface area contributed by atoms with Gasteiger partial charge >= 0.3 is 0 Å². The van der Waals surface area contributed by atoms with E-state index in [2.05, 4.69) is 29.6 Å².